The zero-order valence-corrected chi connectivity index (χ0v) is 18.8. The number of aryl methyl sites for hydroxylation is 1. The Morgan fingerprint density at radius 1 is 1.13 bits per heavy atom. The number of piperidine rings is 1. The fourth-order valence-corrected chi connectivity index (χ4v) is 5.34. The van der Waals surface area contributed by atoms with Crippen molar-refractivity contribution in [3.05, 3.63) is 57.3 Å². The molecule has 4 rings (SSSR count). The number of likely N-dealkylation sites (tertiary alicyclic amines) is 1. The molecule has 0 unspecified atom stereocenters. The van der Waals surface area contributed by atoms with Crippen molar-refractivity contribution in [3.8, 4) is 0 Å². The van der Waals surface area contributed by atoms with Crippen molar-refractivity contribution < 1.29 is 18.4 Å². The predicted octanol–water partition coefficient (Wildman–Crippen LogP) is 4.67. The van der Waals surface area contributed by atoms with Gasteiger partial charge in [-0.05, 0) is 68.7 Å². The van der Waals surface area contributed by atoms with Gasteiger partial charge >= 0.3 is 0 Å². The van der Waals surface area contributed by atoms with Crippen LogP contribution in [-0.4, -0.2) is 47.8 Å². The molecule has 7 heteroatoms. The van der Waals surface area contributed by atoms with Crippen molar-refractivity contribution in [1.82, 2.24) is 9.80 Å². The lowest BCUT2D eigenvalue weighted by atomic mass is 9.84. The first-order valence-corrected chi connectivity index (χ1v) is 11.7. The van der Waals surface area contributed by atoms with E-state index in [4.69, 9.17) is 0 Å². The summed E-state index contributed by atoms with van der Waals surface area (Å²) in [5.41, 5.74) is 0.425. The van der Waals surface area contributed by atoms with Crippen LogP contribution in [-0.2, 0) is 11.2 Å². The van der Waals surface area contributed by atoms with Crippen molar-refractivity contribution >= 4 is 23.2 Å². The summed E-state index contributed by atoms with van der Waals surface area (Å²) in [5.74, 6) is -0.769. The minimum atomic E-state index is -0.601. The highest BCUT2D eigenvalue weighted by Gasteiger charge is 2.38. The Morgan fingerprint density at radius 2 is 1.84 bits per heavy atom. The lowest BCUT2D eigenvalue weighted by Gasteiger charge is -2.40. The van der Waals surface area contributed by atoms with Crippen LogP contribution in [0.2, 0.25) is 0 Å². The molecule has 1 atom stereocenters. The largest absolute Gasteiger partial charge is 0.342 e. The Labute approximate surface area is 185 Å². The quantitative estimate of drug-likeness (QED) is 0.647. The predicted molar refractivity (Wildman–Crippen MR) is 117 cm³/mol. The number of thiophene rings is 1. The van der Waals surface area contributed by atoms with Gasteiger partial charge in [-0.3, -0.25) is 9.59 Å². The van der Waals surface area contributed by atoms with E-state index in [1.54, 1.807) is 11.9 Å². The van der Waals surface area contributed by atoms with Crippen LogP contribution >= 0.6 is 11.3 Å². The molecule has 1 aliphatic carbocycles. The topological polar surface area (TPSA) is 40.6 Å². The first kappa shape index (κ1) is 21.9. The molecule has 2 fully saturated rings. The fourth-order valence-electron chi connectivity index (χ4n) is 4.51. The van der Waals surface area contributed by atoms with Crippen molar-refractivity contribution in [2.24, 2.45) is 11.8 Å². The number of amides is 2. The van der Waals surface area contributed by atoms with E-state index in [-0.39, 0.29) is 29.7 Å². The van der Waals surface area contributed by atoms with Gasteiger partial charge in [-0.15, -0.1) is 11.3 Å². The Bertz CT molecular complexity index is 964. The number of benzene rings is 1. The molecule has 1 aliphatic heterocycles. The van der Waals surface area contributed by atoms with Crippen LogP contribution in [0.4, 0.5) is 8.78 Å². The summed E-state index contributed by atoms with van der Waals surface area (Å²) in [4.78, 5) is 31.1. The second-order valence-corrected chi connectivity index (χ2v) is 10.1. The summed E-state index contributed by atoms with van der Waals surface area (Å²) in [5, 5.41) is 0. The van der Waals surface area contributed by atoms with E-state index in [9.17, 15) is 18.4 Å². The van der Waals surface area contributed by atoms with Crippen LogP contribution in [0.5, 0.6) is 0 Å². The van der Waals surface area contributed by atoms with E-state index in [2.05, 4.69) is 0 Å². The Kier molecular flexibility index (Phi) is 6.42. The van der Waals surface area contributed by atoms with E-state index < -0.39 is 11.6 Å². The third kappa shape index (κ3) is 4.97. The van der Waals surface area contributed by atoms with Crippen LogP contribution in [0.15, 0.2) is 30.3 Å². The number of hydrogen-bond acceptors (Lipinski definition) is 3. The number of halogens is 2. The normalized spacial score (nSPS) is 18.1. The van der Waals surface area contributed by atoms with E-state index in [0.717, 1.165) is 41.5 Å². The first-order valence-electron chi connectivity index (χ1n) is 10.9. The molecule has 1 aromatic carbocycles. The summed E-state index contributed by atoms with van der Waals surface area (Å²) in [6, 6.07) is 7.30. The van der Waals surface area contributed by atoms with Gasteiger partial charge < -0.3 is 9.80 Å². The molecule has 2 aliphatic rings. The molecule has 0 bridgehead atoms. The number of carbonyl (C=O) groups excluding carboxylic acids is 2. The molecule has 2 aromatic rings. The van der Waals surface area contributed by atoms with Crippen molar-refractivity contribution in [3.63, 3.8) is 0 Å². The zero-order chi connectivity index (χ0) is 22.1. The van der Waals surface area contributed by atoms with Gasteiger partial charge in [0.15, 0.2) is 0 Å². The first-order chi connectivity index (χ1) is 14.8. The summed E-state index contributed by atoms with van der Waals surface area (Å²) in [7, 11) is 1.80. The molecular weight excluding hydrogens is 418 g/mol. The minimum absolute atomic E-state index is 0.0556. The number of likely N-dealkylation sites (N-methyl/N-ethyl adjacent to an activating group) is 1. The van der Waals surface area contributed by atoms with Gasteiger partial charge in [-0.1, -0.05) is 6.07 Å². The molecule has 0 N–H and O–H groups in total. The standard InChI is InChI=1S/C24H28F2N2O2S/c1-15-3-8-22(31-15)24(30)28-11-9-16(10-12-28)21(27(2)23(29)17-4-5-17)13-18-6-7-19(25)14-20(18)26/h3,6-8,14,16-17,21H,4-5,9-13H2,1-2H3/t21-/m1/s1. The van der Waals surface area contributed by atoms with Crippen LogP contribution in [0.3, 0.4) is 0 Å². The molecular formula is C24H28F2N2O2S. The SMILES string of the molecule is Cc1ccc(C(=O)N2CCC([C@@H](Cc3ccc(F)cc3F)N(C)C(=O)C3CC3)CC2)s1. The maximum Gasteiger partial charge on any atom is 0.263 e. The van der Waals surface area contributed by atoms with E-state index >= 15 is 0 Å². The van der Waals surface area contributed by atoms with Gasteiger partial charge in [-0.25, -0.2) is 8.78 Å². The number of nitrogens with zero attached hydrogens (tertiary/aromatic N) is 2. The maximum atomic E-state index is 14.4. The van der Waals surface area contributed by atoms with Gasteiger partial charge in [0.1, 0.15) is 11.6 Å². The Balaban J connectivity index is 1.47. The van der Waals surface area contributed by atoms with Crippen molar-refractivity contribution in [2.45, 2.75) is 45.1 Å². The molecule has 0 radical (unpaired) electrons. The smallest absolute Gasteiger partial charge is 0.263 e. The molecule has 2 amide bonds. The third-order valence-corrected chi connectivity index (χ3v) is 7.53. The number of hydrogen-bond donors (Lipinski definition) is 0. The highest BCUT2D eigenvalue weighted by Crippen LogP contribution is 2.34. The average molecular weight is 447 g/mol. The molecule has 4 nitrogen and oxygen atoms in total. The zero-order valence-electron chi connectivity index (χ0n) is 17.9. The molecule has 31 heavy (non-hydrogen) atoms. The second-order valence-electron chi connectivity index (χ2n) is 8.77. The highest BCUT2D eigenvalue weighted by molar-refractivity contribution is 7.13. The van der Waals surface area contributed by atoms with Gasteiger partial charge in [0.25, 0.3) is 5.91 Å². The van der Waals surface area contributed by atoms with E-state index in [1.165, 1.54) is 23.5 Å². The molecule has 0 spiro atoms. The summed E-state index contributed by atoms with van der Waals surface area (Å²) >= 11 is 1.50. The second kappa shape index (κ2) is 9.07. The lowest BCUT2D eigenvalue weighted by Crippen LogP contribution is -2.48. The fraction of sp³-hybridized carbons (Fsp3) is 0.500. The van der Waals surface area contributed by atoms with Gasteiger partial charge in [0.2, 0.25) is 5.91 Å². The maximum absolute atomic E-state index is 14.4. The van der Waals surface area contributed by atoms with Crippen LogP contribution in [0.25, 0.3) is 0 Å². The molecule has 2 heterocycles. The van der Waals surface area contributed by atoms with Crippen LogP contribution in [0, 0.1) is 30.4 Å². The molecule has 1 saturated carbocycles. The summed E-state index contributed by atoms with van der Waals surface area (Å²) in [6.07, 6.45) is 3.68. The Morgan fingerprint density at radius 3 is 2.42 bits per heavy atom. The van der Waals surface area contributed by atoms with Crippen molar-refractivity contribution in [2.75, 3.05) is 20.1 Å². The van der Waals surface area contributed by atoms with E-state index in [1.807, 2.05) is 24.0 Å². The Hall–Kier alpha value is -2.28. The number of rotatable bonds is 6. The summed E-state index contributed by atoms with van der Waals surface area (Å²) < 4.78 is 27.7. The highest BCUT2D eigenvalue weighted by atomic mass is 32.1. The van der Waals surface area contributed by atoms with E-state index in [0.29, 0.717) is 25.1 Å². The van der Waals surface area contributed by atoms with Gasteiger partial charge in [0.05, 0.1) is 4.88 Å². The van der Waals surface area contributed by atoms with Crippen LogP contribution < -0.4 is 0 Å². The summed E-state index contributed by atoms with van der Waals surface area (Å²) in [6.45, 7) is 3.22. The van der Waals surface area contributed by atoms with Gasteiger partial charge in [0, 0.05) is 43.0 Å². The number of carbonyl (C=O) groups is 2. The minimum Gasteiger partial charge on any atom is -0.342 e. The monoisotopic (exact) mass is 446 g/mol. The van der Waals surface area contributed by atoms with Gasteiger partial charge in [-0.2, -0.15) is 0 Å². The molecule has 166 valence electrons. The average Bonchev–Trinajstić information content (AvgIpc) is 3.52. The molecule has 1 aromatic heterocycles. The van der Waals surface area contributed by atoms with Crippen molar-refractivity contribution in [1.29, 1.82) is 0 Å². The van der Waals surface area contributed by atoms with Crippen LogP contribution in [0.1, 0.15) is 45.8 Å². The third-order valence-electron chi connectivity index (χ3n) is 6.54. The molecule has 1 saturated heterocycles. The lowest BCUT2D eigenvalue weighted by molar-refractivity contribution is -0.134.